The van der Waals surface area contributed by atoms with E-state index in [0.29, 0.717) is 36.9 Å². The highest BCUT2D eigenvalue weighted by molar-refractivity contribution is 6.27. The van der Waals surface area contributed by atoms with Crippen LogP contribution in [0.4, 0.5) is 4.39 Å². The summed E-state index contributed by atoms with van der Waals surface area (Å²) in [5.41, 5.74) is 0.540. The van der Waals surface area contributed by atoms with E-state index in [1.54, 1.807) is 26.0 Å². The lowest BCUT2D eigenvalue weighted by Crippen LogP contribution is -2.49. The number of ether oxygens (including phenoxy) is 1. The Kier molecular flexibility index (Phi) is 9.07. The fourth-order valence-corrected chi connectivity index (χ4v) is 5.19. The van der Waals surface area contributed by atoms with E-state index in [1.165, 1.54) is 21.4 Å². The Morgan fingerprint density at radius 3 is 2.27 bits per heavy atom. The molecule has 0 aliphatic carbocycles. The number of fused-ring (bicyclic) bond motifs is 2. The van der Waals surface area contributed by atoms with Crippen LogP contribution in [0.2, 0.25) is 0 Å². The molecule has 40 heavy (non-hydrogen) atoms. The molecule has 5 rings (SSSR count). The second-order valence-electron chi connectivity index (χ2n) is 9.85. The Morgan fingerprint density at radius 1 is 1.10 bits per heavy atom. The van der Waals surface area contributed by atoms with Crippen molar-refractivity contribution in [2.45, 2.75) is 77.0 Å². The van der Waals surface area contributed by atoms with Crippen molar-refractivity contribution in [3.8, 4) is 6.01 Å². The molecule has 3 unspecified atom stereocenters. The minimum Gasteiger partial charge on any atom is -0.473 e. The molecule has 2 bridgehead atoms. The second-order valence-corrected chi connectivity index (χ2v) is 9.85. The number of carboxylic acids is 2. The van der Waals surface area contributed by atoms with Crippen LogP contribution in [0.25, 0.3) is 6.01 Å². The molecule has 0 radical (unpaired) electrons. The van der Waals surface area contributed by atoms with E-state index in [2.05, 4.69) is 20.1 Å². The van der Waals surface area contributed by atoms with Crippen LogP contribution in [0.1, 0.15) is 42.9 Å². The SMILES string of the molecule is Cc1noc(-n2c(C)nn(CC(O)CN3C4CCC3CC(OCc3ccc(F)cc3)C4)c2=O)n1.O=C(O)C(=O)O. The molecule has 2 aliphatic rings. The van der Waals surface area contributed by atoms with Gasteiger partial charge in [-0.1, -0.05) is 17.3 Å². The van der Waals surface area contributed by atoms with Crippen LogP contribution in [0.3, 0.4) is 0 Å². The van der Waals surface area contributed by atoms with Crippen LogP contribution < -0.4 is 5.69 Å². The van der Waals surface area contributed by atoms with E-state index >= 15 is 0 Å². The van der Waals surface area contributed by atoms with E-state index in [9.17, 15) is 14.3 Å². The fraction of sp³-hybridized carbons (Fsp3) is 0.520. The molecule has 3 aromatic rings. The normalized spacial score (nSPS) is 21.1. The highest BCUT2D eigenvalue weighted by Gasteiger charge is 2.41. The topological polar surface area (TPSA) is 186 Å². The van der Waals surface area contributed by atoms with E-state index in [4.69, 9.17) is 29.1 Å². The van der Waals surface area contributed by atoms with Gasteiger partial charge in [0.1, 0.15) is 11.6 Å². The highest BCUT2D eigenvalue weighted by atomic mass is 19.1. The van der Waals surface area contributed by atoms with Gasteiger partial charge < -0.3 is 24.6 Å². The summed E-state index contributed by atoms with van der Waals surface area (Å²) < 4.78 is 26.8. The fourth-order valence-electron chi connectivity index (χ4n) is 5.19. The van der Waals surface area contributed by atoms with Crippen LogP contribution in [0.5, 0.6) is 0 Å². The Morgan fingerprint density at radius 2 is 1.73 bits per heavy atom. The van der Waals surface area contributed by atoms with Crippen LogP contribution in [0.15, 0.2) is 33.6 Å². The predicted octanol–water partition coefficient (Wildman–Crippen LogP) is 0.902. The molecule has 0 spiro atoms. The predicted molar refractivity (Wildman–Crippen MR) is 134 cm³/mol. The largest absolute Gasteiger partial charge is 0.473 e. The summed E-state index contributed by atoms with van der Waals surface area (Å²) in [5, 5.41) is 33.6. The van der Waals surface area contributed by atoms with E-state index in [1.807, 2.05) is 0 Å². The molecule has 0 saturated carbocycles. The average molecular weight is 563 g/mol. The number of carbonyl (C=O) groups is 2. The van der Waals surface area contributed by atoms with E-state index in [-0.39, 0.29) is 24.5 Å². The number of nitrogens with zero attached hydrogens (tertiary/aromatic N) is 6. The molecule has 15 heteroatoms. The van der Waals surface area contributed by atoms with Gasteiger partial charge in [0.2, 0.25) is 0 Å². The first kappa shape index (κ1) is 29.0. The minimum absolute atomic E-state index is 0.0708. The summed E-state index contributed by atoms with van der Waals surface area (Å²) in [6.45, 7) is 4.38. The zero-order valence-electron chi connectivity index (χ0n) is 22.0. The highest BCUT2D eigenvalue weighted by Crippen LogP contribution is 2.37. The third-order valence-corrected chi connectivity index (χ3v) is 6.94. The summed E-state index contributed by atoms with van der Waals surface area (Å²) in [5.74, 6) is -3.05. The molecule has 3 N–H and O–H groups in total. The maximum atomic E-state index is 13.1. The van der Waals surface area contributed by atoms with Gasteiger partial charge in [-0.3, -0.25) is 4.90 Å². The molecule has 2 saturated heterocycles. The third kappa shape index (κ3) is 6.97. The van der Waals surface area contributed by atoms with Gasteiger partial charge in [0.05, 0.1) is 25.4 Å². The summed E-state index contributed by atoms with van der Waals surface area (Å²) in [4.78, 5) is 37.4. The quantitative estimate of drug-likeness (QED) is 0.330. The van der Waals surface area contributed by atoms with Crippen molar-refractivity contribution in [2.24, 2.45) is 0 Å². The van der Waals surface area contributed by atoms with Crippen molar-refractivity contribution in [2.75, 3.05) is 6.54 Å². The zero-order chi connectivity index (χ0) is 29.0. The molecule has 14 nitrogen and oxygen atoms in total. The summed E-state index contributed by atoms with van der Waals surface area (Å²) in [6.07, 6.45) is 3.33. The lowest BCUT2D eigenvalue weighted by Gasteiger charge is -2.39. The van der Waals surface area contributed by atoms with Crippen molar-refractivity contribution in [3.05, 3.63) is 57.8 Å². The van der Waals surface area contributed by atoms with Gasteiger partial charge in [-0.25, -0.2) is 23.5 Å². The van der Waals surface area contributed by atoms with Gasteiger partial charge in [-0.15, -0.1) is 0 Å². The molecule has 1 aromatic carbocycles. The number of hydrogen-bond acceptors (Lipinski definition) is 10. The Balaban J connectivity index is 0.000000557. The maximum Gasteiger partial charge on any atom is 0.414 e. The Hall–Kier alpha value is -3.95. The number of rotatable bonds is 8. The van der Waals surface area contributed by atoms with E-state index < -0.39 is 23.7 Å². The third-order valence-electron chi connectivity index (χ3n) is 6.94. The molecule has 2 fully saturated rings. The average Bonchev–Trinajstić information content (AvgIpc) is 3.50. The lowest BCUT2D eigenvalue weighted by atomic mass is 9.99. The second kappa shape index (κ2) is 12.5. The molecule has 3 atom stereocenters. The monoisotopic (exact) mass is 562 g/mol. The van der Waals surface area contributed by atoms with Crippen molar-refractivity contribution in [1.29, 1.82) is 0 Å². The number of carboxylic acid groups (broad SMARTS) is 2. The van der Waals surface area contributed by atoms with Crippen LogP contribution in [-0.2, 0) is 27.5 Å². The molecule has 2 aromatic heterocycles. The maximum absolute atomic E-state index is 13.1. The lowest BCUT2D eigenvalue weighted by molar-refractivity contribution is -0.159. The van der Waals surface area contributed by atoms with Gasteiger partial charge in [0, 0.05) is 18.6 Å². The summed E-state index contributed by atoms with van der Waals surface area (Å²) in [7, 11) is 0. The first-order chi connectivity index (χ1) is 19.0. The zero-order valence-corrected chi connectivity index (χ0v) is 22.0. The standard InChI is InChI=1S/C23H29FN6O4.C2H2O4/c1-14-25-22(34-27-14)30-15(2)26-29(23(30)32)12-20(31)11-28-18-7-8-19(28)10-21(9-18)33-13-16-3-5-17(24)6-4-16;3-1(4)2(5)6/h3-6,18-21,31H,7-13H2,1-2H3;(H,3,4)(H,5,6). The molecular formula is C25H31FN6O8. The van der Waals surface area contributed by atoms with Gasteiger partial charge in [0.15, 0.2) is 5.82 Å². The van der Waals surface area contributed by atoms with Gasteiger partial charge >= 0.3 is 23.6 Å². The van der Waals surface area contributed by atoms with Crippen molar-refractivity contribution in [1.82, 2.24) is 29.4 Å². The van der Waals surface area contributed by atoms with Gasteiger partial charge in [-0.05, 0) is 57.2 Å². The van der Waals surface area contributed by atoms with Gasteiger partial charge in [0.25, 0.3) is 0 Å². The van der Waals surface area contributed by atoms with Crippen molar-refractivity contribution < 1.29 is 38.6 Å². The summed E-state index contributed by atoms with van der Waals surface area (Å²) >= 11 is 0. The number of aromatic nitrogens is 5. The summed E-state index contributed by atoms with van der Waals surface area (Å²) in [6, 6.07) is 7.14. The Labute approximate surface area is 227 Å². The van der Waals surface area contributed by atoms with E-state index in [0.717, 1.165) is 31.2 Å². The van der Waals surface area contributed by atoms with Crippen LogP contribution >= 0.6 is 0 Å². The number of hydrogen-bond donors (Lipinski definition) is 3. The smallest absolute Gasteiger partial charge is 0.414 e. The first-order valence-electron chi connectivity index (χ1n) is 12.7. The number of aliphatic hydroxyl groups excluding tert-OH is 1. The first-order valence-corrected chi connectivity index (χ1v) is 12.7. The molecular weight excluding hydrogens is 531 g/mol. The Bertz CT molecular complexity index is 1360. The van der Waals surface area contributed by atoms with Crippen LogP contribution in [-0.4, -0.2) is 87.5 Å². The number of benzene rings is 1. The number of aliphatic carboxylic acids is 2. The number of aliphatic hydroxyl groups is 1. The number of halogens is 1. The van der Waals surface area contributed by atoms with Crippen LogP contribution in [0, 0.1) is 19.7 Å². The molecule has 2 aliphatic heterocycles. The van der Waals surface area contributed by atoms with Crippen molar-refractivity contribution >= 4 is 11.9 Å². The van der Waals surface area contributed by atoms with Crippen molar-refractivity contribution in [3.63, 3.8) is 0 Å². The number of piperidine rings is 1. The molecule has 216 valence electrons. The molecule has 0 amide bonds. The molecule has 4 heterocycles. The minimum atomic E-state index is -1.82. The van der Waals surface area contributed by atoms with Gasteiger partial charge in [-0.2, -0.15) is 14.6 Å². The number of aryl methyl sites for hydroxylation is 2.